The SMILES string of the molecule is O=C(NCCc1cccc(-c2ccncc2)c1)c1ccc2cnc(NC3CCOCC3)cc2n1. The van der Waals surface area contributed by atoms with Gasteiger partial charge in [-0.05, 0) is 60.2 Å². The van der Waals surface area contributed by atoms with Crippen molar-refractivity contribution in [1.82, 2.24) is 20.3 Å². The van der Waals surface area contributed by atoms with Gasteiger partial charge in [0.1, 0.15) is 11.5 Å². The van der Waals surface area contributed by atoms with Crippen LogP contribution in [0.2, 0.25) is 0 Å². The summed E-state index contributed by atoms with van der Waals surface area (Å²) in [6.45, 7) is 2.06. The molecule has 4 aromatic rings. The summed E-state index contributed by atoms with van der Waals surface area (Å²) in [7, 11) is 0. The molecule has 34 heavy (non-hydrogen) atoms. The van der Waals surface area contributed by atoms with Gasteiger partial charge in [-0.2, -0.15) is 0 Å². The van der Waals surface area contributed by atoms with Crippen molar-refractivity contribution in [3.8, 4) is 11.1 Å². The Kier molecular flexibility index (Phi) is 6.72. The first kappa shape index (κ1) is 22.0. The first-order valence-electron chi connectivity index (χ1n) is 11.6. The quantitative estimate of drug-likeness (QED) is 0.435. The standard InChI is InChI=1S/C27H27N5O2/c33-27(29-13-6-19-2-1-3-21(16-19)20-7-11-28-12-8-20)24-5-4-22-18-30-26(17-25(22)32-24)31-23-9-14-34-15-10-23/h1-5,7-8,11-12,16-18,23H,6,9-10,13-15H2,(H,29,33)(H,30,31). The highest BCUT2D eigenvalue weighted by atomic mass is 16.5. The predicted octanol–water partition coefficient (Wildman–Crippen LogP) is 4.26. The smallest absolute Gasteiger partial charge is 0.269 e. The minimum absolute atomic E-state index is 0.178. The lowest BCUT2D eigenvalue weighted by Crippen LogP contribution is -2.28. The molecule has 1 fully saturated rings. The van der Waals surface area contributed by atoms with Gasteiger partial charge in [0.25, 0.3) is 5.91 Å². The Bertz CT molecular complexity index is 1270. The number of nitrogens with zero attached hydrogens (tertiary/aromatic N) is 3. The van der Waals surface area contributed by atoms with E-state index in [1.807, 2.05) is 30.3 Å². The zero-order valence-corrected chi connectivity index (χ0v) is 18.9. The number of carbonyl (C=O) groups excluding carboxylic acids is 1. The molecule has 4 heterocycles. The normalized spacial score (nSPS) is 14.1. The molecule has 1 amide bonds. The molecular weight excluding hydrogens is 426 g/mol. The van der Waals surface area contributed by atoms with E-state index in [1.165, 1.54) is 0 Å². The second kappa shape index (κ2) is 10.4. The number of fused-ring (bicyclic) bond motifs is 1. The van der Waals surface area contributed by atoms with Gasteiger partial charge in [-0.3, -0.25) is 9.78 Å². The van der Waals surface area contributed by atoms with E-state index < -0.39 is 0 Å². The molecule has 1 aromatic carbocycles. The van der Waals surface area contributed by atoms with E-state index in [0.717, 1.165) is 65.9 Å². The number of carbonyl (C=O) groups is 1. The Labute approximate surface area is 198 Å². The van der Waals surface area contributed by atoms with E-state index >= 15 is 0 Å². The van der Waals surface area contributed by atoms with Gasteiger partial charge in [0.2, 0.25) is 0 Å². The summed E-state index contributed by atoms with van der Waals surface area (Å²) in [5, 5.41) is 7.36. The van der Waals surface area contributed by atoms with Gasteiger partial charge in [0, 0.05) is 55.8 Å². The molecule has 7 heteroatoms. The zero-order valence-electron chi connectivity index (χ0n) is 18.9. The minimum Gasteiger partial charge on any atom is -0.381 e. The maximum Gasteiger partial charge on any atom is 0.269 e. The number of hydrogen-bond donors (Lipinski definition) is 2. The average molecular weight is 454 g/mol. The fraction of sp³-hybridized carbons (Fsp3) is 0.259. The molecule has 3 aromatic heterocycles. The second-order valence-corrected chi connectivity index (χ2v) is 8.43. The van der Waals surface area contributed by atoms with Crippen molar-refractivity contribution in [2.75, 3.05) is 25.1 Å². The molecule has 1 aliphatic rings. The van der Waals surface area contributed by atoms with Gasteiger partial charge in [0.15, 0.2) is 0 Å². The summed E-state index contributed by atoms with van der Waals surface area (Å²) < 4.78 is 5.42. The van der Waals surface area contributed by atoms with E-state index in [-0.39, 0.29) is 5.91 Å². The fourth-order valence-corrected chi connectivity index (χ4v) is 4.13. The Morgan fingerprint density at radius 2 is 1.85 bits per heavy atom. The summed E-state index contributed by atoms with van der Waals surface area (Å²) in [5.74, 6) is 0.599. The number of anilines is 1. The van der Waals surface area contributed by atoms with Crippen LogP contribution in [0.4, 0.5) is 5.82 Å². The van der Waals surface area contributed by atoms with Crippen LogP contribution in [0.5, 0.6) is 0 Å². The molecule has 2 N–H and O–H groups in total. The van der Waals surface area contributed by atoms with Gasteiger partial charge in [0.05, 0.1) is 5.52 Å². The molecule has 172 valence electrons. The maximum atomic E-state index is 12.7. The van der Waals surface area contributed by atoms with E-state index in [0.29, 0.717) is 18.3 Å². The van der Waals surface area contributed by atoms with Crippen molar-refractivity contribution in [3.63, 3.8) is 0 Å². The lowest BCUT2D eigenvalue weighted by atomic mass is 10.0. The zero-order chi connectivity index (χ0) is 23.2. The first-order chi connectivity index (χ1) is 16.7. The number of ether oxygens (including phenoxy) is 1. The number of benzene rings is 1. The van der Waals surface area contributed by atoms with E-state index in [4.69, 9.17) is 4.74 Å². The second-order valence-electron chi connectivity index (χ2n) is 8.43. The Morgan fingerprint density at radius 3 is 2.71 bits per heavy atom. The van der Waals surface area contributed by atoms with Crippen LogP contribution in [0.1, 0.15) is 28.9 Å². The molecule has 5 rings (SSSR count). The number of nitrogens with one attached hydrogen (secondary N) is 2. The van der Waals surface area contributed by atoms with Crippen molar-refractivity contribution in [1.29, 1.82) is 0 Å². The highest BCUT2D eigenvalue weighted by Gasteiger charge is 2.14. The molecule has 1 saturated heterocycles. The van der Waals surface area contributed by atoms with E-state index in [1.54, 1.807) is 24.7 Å². The molecule has 0 bridgehead atoms. The summed E-state index contributed by atoms with van der Waals surface area (Å²) in [6, 6.07) is 18.2. The van der Waals surface area contributed by atoms with Gasteiger partial charge < -0.3 is 15.4 Å². The summed E-state index contributed by atoms with van der Waals surface area (Å²) in [5.41, 5.74) is 4.59. The van der Waals surface area contributed by atoms with Crippen LogP contribution < -0.4 is 10.6 Å². The molecular formula is C27H27N5O2. The highest BCUT2D eigenvalue weighted by Crippen LogP contribution is 2.20. The number of aromatic nitrogens is 3. The third-order valence-corrected chi connectivity index (χ3v) is 6.02. The Balaban J connectivity index is 1.21. The molecule has 7 nitrogen and oxygen atoms in total. The van der Waals surface area contributed by atoms with Gasteiger partial charge in [-0.15, -0.1) is 0 Å². The van der Waals surface area contributed by atoms with Crippen molar-refractivity contribution >= 4 is 22.6 Å². The monoisotopic (exact) mass is 453 g/mol. The third-order valence-electron chi connectivity index (χ3n) is 6.02. The van der Waals surface area contributed by atoms with Crippen LogP contribution in [-0.2, 0) is 11.2 Å². The van der Waals surface area contributed by atoms with E-state index in [9.17, 15) is 4.79 Å². The van der Waals surface area contributed by atoms with Crippen LogP contribution in [0.15, 0.2) is 73.2 Å². The highest BCUT2D eigenvalue weighted by molar-refractivity contribution is 5.95. The number of amides is 1. The van der Waals surface area contributed by atoms with Crippen LogP contribution in [0.25, 0.3) is 22.0 Å². The Hall–Kier alpha value is -3.84. The third kappa shape index (κ3) is 5.38. The Morgan fingerprint density at radius 1 is 1.00 bits per heavy atom. The van der Waals surface area contributed by atoms with Gasteiger partial charge in [-0.25, -0.2) is 9.97 Å². The molecule has 0 saturated carbocycles. The van der Waals surface area contributed by atoms with Crippen LogP contribution >= 0.6 is 0 Å². The molecule has 0 atom stereocenters. The lowest BCUT2D eigenvalue weighted by molar-refractivity contribution is 0.0903. The lowest BCUT2D eigenvalue weighted by Gasteiger charge is -2.23. The molecule has 0 spiro atoms. The van der Waals surface area contributed by atoms with Crippen molar-refractivity contribution < 1.29 is 9.53 Å². The maximum absolute atomic E-state index is 12.7. The number of pyridine rings is 3. The largest absolute Gasteiger partial charge is 0.381 e. The van der Waals surface area contributed by atoms with E-state index in [2.05, 4.69) is 43.8 Å². The molecule has 0 unspecified atom stereocenters. The molecule has 0 aliphatic carbocycles. The van der Waals surface area contributed by atoms with Crippen molar-refractivity contribution in [3.05, 3.63) is 84.4 Å². The van der Waals surface area contributed by atoms with Crippen molar-refractivity contribution in [2.24, 2.45) is 0 Å². The fourth-order valence-electron chi connectivity index (χ4n) is 4.13. The topological polar surface area (TPSA) is 89.0 Å². The predicted molar refractivity (Wildman–Crippen MR) is 133 cm³/mol. The average Bonchev–Trinajstić information content (AvgIpc) is 2.89. The van der Waals surface area contributed by atoms with Crippen LogP contribution in [-0.4, -0.2) is 46.7 Å². The summed E-state index contributed by atoms with van der Waals surface area (Å²) in [6.07, 6.45) is 8.03. The molecule has 0 radical (unpaired) electrons. The first-order valence-corrected chi connectivity index (χ1v) is 11.6. The number of hydrogen-bond acceptors (Lipinski definition) is 6. The molecule has 1 aliphatic heterocycles. The van der Waals surface area contributed by atoms with Crippen molar-refractivity contribution in [2.45, 2.75) is 25.3 Å². The number of rotatable bonds is 7. The summed E-state index contributed by atoms with van der Waals surface area (Å²) in [4.78, 5) is 25.9. The van der Waals surface area contributed by atoms with Gasteiger partial charge in [-0.1, -0.05) is 24.3 Å². The van der Waals surface area contributed by atoms with Gasteiger partial charge >= 0.3 is 0 Å². The van der Waals surface area contributed by atoms with Crippen LogP contribution in [0.3, 0.4) is 0 Å². The minimum atomic E-state index is -0.178. The van der Waals surface area contributed by atoms with Crippen LogP contribution in [0, 0.1) is 0 Å². The summed E-state index contributed by atoms with van der Waals surface area (Å²) >= 11 is 0.